The fraction of sp³-hybridized carbons (Fsp3) is 0.312. The maximum absolute atomic E-state index is 14.7. The number of imidazole rings is 1. The average molecular weight is 414 g/mol. The van der Waals surface area contributed by atoms with Crippen molar-refractivity contribution in [2.75, 3.05) is 12.3 Å². The number of ether oxygens (including phenoxy) is 2. The van der Waals surface area contributed by atoms with Crippen molar-refractivity contribution in [3.63, 3.8) is 0 Å². The number of alkyl halides is 1. The highest BCUT2D eigenvalue weighted by atomic mass is 35.5. The lowest BCUT2D eigenvalue weighted by Gasteiger charge is -2.16. The largest absolute Gasteiger partial charge is 0.489 e. The van der Waals surface area contributed by atoms with Gasteiger partial charge >= 0.3 is 0 Å². The van der Waals surface area contributed by atoms with E-state index in [1.54, 1.807) is 24.3 Å². The number of aromatic nitrogens is 4. The van der Waals surface area contributed by atoms with Crippen molar-refractivity contribution in [3.8, 4) is 5.75 Å². The average Bonchev–Trinajstić information content (AvgIpc) is 3.17. The van der Waals surface area contributed by atoms with Gasteiger partial charge in [-0.2, -0.15) is 9.97 Å². The number of nitrogens with two attached hydrogens (primary N) is 1. The van der Waals surface area contributed by atoms with Crippen LogP contribution >= 0.6 is 23.2 Å². The van der Waals surface area contributed by atoms with Crippen LogP contribution in [0.25, 0.3) is 11.2 Å². The first-order valence-electron chi connectivity index (χ1n) is 7.96. The van der Waals surface area contributed by atoms with E-state index in [0.29, 0.717) is 10.8 Å². The number of benzene rings is 1. The zero-order valence-electron chi connectivity index (χ0n) is 13.7. The maximum Gasteiger partial charge on any atom is 0.226 e. The van der Waals surface area contributed by atoms with Crippen molar-refractivity contribution in [2.45, 2.75) is 24.6 Å². The third-order valence-corrected chi connectivity index (χ3v) is 4.71. The summed E-state index contributed by atoms with van der Waals surface area (Å²) in [5, 5.41) is 10.5. The van der Waals surface area contributed by atoms with Crippen LogP contribution in [0.15, 0.2) is 30.6 Å². The molecule has 8 nitrogen and oxygen atoms in total. The molecule has 4 rings (SSSR count). The predicted molar refractivity (Wildman–Crippen MR) is 96.5 cm³/mol. The molecule has 1 fully saturated rings. The van der Waals surface area contributed by atoms with E-state index in [2.05, 4.69) is 15.0 Å². The van der Waals surface area contributed by atoms with Crippen LogP contribution in [0, 0.1) is 0 Å². The van der Waals surface area contributed by atoms with Crippen molar-refractivity contribution >= 4 is 40.2 Å². The predicted octanol–water partition coefficient (Wildman–Crippen LogP) is 2.39. The van der Waals surface area contributed by atoms with Crippen LogP contribution in [-0.2, 0) is 4.74 Å². The van der Waals surface area contributed by atoms with Crippen molar-refractivity contribution < 1.29 is 19.0 Å². The van der Waals surface area contributed by atoms with Gasteiger partial charge < -0.3 is 20.3 Å². The van der Waals surface area contributed by atoms with E-state index < -0.39 is 24.6 Å². The summed E-state index contributed by atoms with van der Waals surface area (Å²) in [5.74, 6) is 0.477. The molecule has 1 aromatic carbocycles. The molecule has 0 unspecified atom stereocenters. The van der Waals surface area contributed by atoms with Gasteiger partial charge in [0, 0.05) is 0 Å². The SMILES string of the molecule is Nc1nc(Cl)nc2c1ncn2[C@@H]1O[C@H](COc2ccccc2Cl)[C@@H](O)[C@@H]1F. The Morgan fingerprint density at radius 2 is 2.07 bits per heavy atom. The van der Waals surface area contributed by atoms with Gasteiger partial charge in [0.2, 0.25) is 5.28 Å². The standard InChI is InChI=1S/C16H14Cl2FN5O3/c17-7-3-1-2-4-8(7)26-5-9-12(25)10(19)15(27-9)24-6-21-11-13(20)22-16(18)23-14(11)24/h1-4,6,9-10,12,15,25H,5H2,(H2,20,22,23)/t9-,10+,12-,15-/m1/s1. The summed E-state index contributed by atoms with van der Waals surface area (Å²) in [5.41, 5.74) is 6.23. The van der Waals surface area contributed by atoms with Crippen LogP contribution in [0.4, 0.5) is 10.2 Å². The number of fused-ring (bicyclic) bond motifs is 1. The first-order valence-corrected chi connectivity index (χ1v) is 8.72. The molecule has 11 heteroatoms. The van der Waals surface area contributed by atoms with Crippen molar-refractivity contribution in [1.29, 1.82) is 0 Å². The fourth-order valence-electron chi connectivity index (χ4n) is 2.90. The molecule has 0 amide bonds. The fourth-order valence-corrected chi connectivity index (χ4v) is 3.26. The molecule has 3 heterocycles. The Morgan fingerprint density at radius 1 is 1.30 bits per heavy atom. The van der Waals surface area contributed by atoms with E-state index in [1.807, 2.05) is 0 Å². The molecule has 1 aliphatic heterocycles. The van der Waals surface area contributed by atoms with Crippen molar-refractivity contribution in [3.05, 3.63) is 40.9 Å². The van der Waals surface area contributed by atoms with Gasteiger partial charge in [-0.3, -0.25) is 4.57 Å². The Balaban J connectivity index is 1.56. The highest BCUT2D eigenvalue weighted by Gasteiger charge is 2.46. The van der Waals surface area contributed by atoms with Gasteiger partial charge in [0.05, 0.1) is 11.3 Å². The second-order valence-corrected chi connectivity index (χ2v) is 6.69. The van der Waals surface area contributed by atoms with E-state index in [0.717, 1.165) is 0 Å². The number of halogens is 3. The summed E-state index contributed by atoms with van der Waals surface area (Å²) in [6.45, 7) is -0.0909. The van der Waals surface area contributed by atoms with Gasteiger partial charge in [-0.15, -0.1) is 0 Å². The number of hydrogen-bond donors (Lipinski definition) is 2. The first-order chi connectivity index (χ1) is 13.0. The number of nitrogens with zero attached hydrogens (tertiary/aromatic N) is 4. The molecule has 0 aliphatic carbocycles. The molecule has 0 radical (unpaired) electrons. The van der Waals surface area contributed by atoms with Gasteiger partial charge in [0.1, 0.15) is 30.1 Å². The molecule has 1 aliphatic rings. The number of aliphatic hydroxyl groups excluding tert-OH is 1. The lowest BCUT2D eigenvalue weighted by atomic mass is 10.1. The van der Waals surface area contributed by atoms with Crippen LogP contribution in [0.5, 0.6) is 5.75 Å². The second-order valence-electron chi connectivity index (χ2n) is 5.94. The van der Waals surface area contributed by atoms with Gasteiger partial charge in [0.25, 0.3) is 0 Å². The minimum Gasteiger partial charge on any atom is -0.489 e. The number of rotatable bonds is 4. The lowest BCUT2D eigenvalue weighted by molar-refractivity contribution is -0.0412. The van der Waals surface area contributed by atoms with Gasteiger partial charge in [-0.05, 0) is 23.7 Å². The Morgan fingerprint density at radius 3 is 2.85 bits per heavy atom. The highest BCUT2D eigenvalue weighted by Crippen LogP contribution is 2.35. The van der Waals surface area contributed by atoms with Crippen LogP contribution in [0.3, 0.4) is 0 Å². The molecule has 3 aromatic rings. The number of hydrogen-bond acceptors (Lipinski definition) is 7. The summed E-state index contributed by atoms with van der Waals surface area (Å²) in [7, 11) is 0. The zero-order valence-corrected chi connectivity index (χ0v) is 15.2. The second kappa shape index (κ2) is 7.08. The highest BCUT2D eigenvalue weighted by molar-refractivity contribution is 6.32. The minimum atomic E-state index is -1.74. The van der Waals surface area contributed by atoms with E-state index in [1.165, 1.54) is 10.9 Å². The van der Waals surface area contributed by atoms with Crippen LogP contribution < -0.4 is 10.5 Å². The normalized spacial score (nSPS) is 25.2. The van der Waals surface area contributed by atoms with Crippen LogP contribution in [0.2, 0.25) is 10.3 Å². The Hall–Kier alpha value is -2.20. The summed E-state index contributed by atoms with van der Waals surface area (Å²) >= 11 is 11.9. The summed E-state index contributed by atoms with van der Waals surface area (Å²) in [6.07, 6.45) is -3.93. The lowest BCUT2D eigenvalue weighted by Crippen LogP contribution is -2.32. The number of anilines is 1. The van der Waals surface area contributed by atoms with E-state index >= 15 is 0 Å². The van der Waals surface area contributed by atoms with Crippen LogP contribution in [0.1, 0.15) is 6.23 Å². The topological polar surface area (TPSA) is 108 Å². The summed E-state index contributed by atoms with van der Waals surface area (Å²) < 4.78 is 27.3. The van der Waals surface area contributed by atoms with Gasteiger partial charge in [-0.1, -0.05) is 23.7 Å². The summed E-state index contributed by atoms with van der Waals surface area (Å²) in [6, 6.07) is 6.83. The molecular weight excluding hydrogens is 400 g/mol. The van der Waals surface area contributed by atoms with E-state index in [4.69, 9.17) is 38.4 Å². The van der Waals surface area contributed by atoms with Crippen molar-refractivity contribution in [2.24, 2.45) is 0 Å². The molecule has 4 atom stereocenters. The van der Waals surface area contributed by atoms with E-state index in [9.17, 15) is 9.50 Å². The molecular formula is C16H14Cl2FN5O3. The van der Waals surface area contributed by atoms with Crippen LogP contribution in [-0.4, -0.2) is 49.6 Å². The zero-order chi connectivity index (χ0) is 19.1. The molecule has 0 spiro atoms. The van der Waals surface area contributed by atoms with Crippen molar-refractivity contribution in [1.82, 2.24) is 19.5 Å². The Labute approximate surface area is 162 Å². The Kier molecular flexibility index (Phi) is 4.77. The summed E-state index contributed by atoms with van der Waals surface area (Å²) in [4.78, 5) is 11.9. The Bertz CT molecular complexity index is 988. The molecule has 0 saturated carbocycles. The number of aliphatic hydroxyl groups is 1. The third-order valence-electron chi connectivity index (χ3n) is 4.23. The number of nitrogen functional groups attached to an aromatic ring is 1. The monoisotopic (exact) mass is 413 g/mol. The smallest absolute Gasteiger partial charge is 0.226 e. The van der Waals surface area contributed by atoms with Gasteiger partial charge in [-0.25, -0.2) is 9.37 Å². The number of para-hydroxylation sites is 1. The first kappa shape index (κ1) is 18.2. The quantitative estimate of drug-likeness (QED) is 0.631. The van der Waals surface area contributed by atoms with E-state index in [-0.39, 0.29) is 28.9 Å². The molecule has 1 saturated heterocycles. The maximum atomic E-state index is 14.7. The third kappa shape index (κ3) is 3.27. The molecule has 142 valence electrons. The molecule has 0 bridgehead atoms. The minimum absolute atomic E-state index is 0.0660. The van der Waals surface area contributed by atoms with Gasteiger partial charge in [0.15, 0.2) is 23.9 Å². The molecule has 2 aromatic heterocycles. The molecule has 27 heavy (non-hydrogen) atoms. The molecule has 3 N–H and O–H groups in total.